The van der Waals surface area contributed by atoms with E-state index in [4.69, 9.17) is 9.84 Å². The minimum Gasteiger partial charge on any atom is -0.456 e. The Morgan fingerprint density at radius 2 is 1.85 bits per heavy atom. The zero-order chi connectivity index (χ0) is 25.0. The van der Waals surface area contributed by atoms with Crippen molar-refractivity contribution in [3.63, 3.8) is 0 Å². The summed E-state index contributed by atoms with van der Waals surface area (Å²) in [6.45, 7) is 2.31. The number of carbonyl (C=O) groups is 1. The van der Waals surface area contributed by atoms with Crippen molar-refractivity contribution in [1.82, 2.24) is 9.88 Å². The molecule has 180 valence electrons. The molecule has 1 atom stereocenters. The molecule has 1 heterocycles. The predicted molar refractivity (Wildman–Crippen MR) is 123 cm³/mol. The first-order valence-electron chi connectivity index (χ1n) is 10.4. The van der Waals surface area contributed by atoms with Gasteiger partial charge in [-0.3, -0.25) is 14.2 Å². The van der Waals surface area contributed by atoms with E-state index in [9.17, 15) is 23.5 Å². The lowest BCUT2D eigenvalue weighted by molar-refractivity contribution is 0.0800. The first-order chi connectivity index (χ1) is 16.1. The van der Waals surface area contributed by atoms with Gasteiger partial charge in [0.25, 0.3) is 11.5 Å². The largest absolute Gasteiger partial charge is 0.456 e. The quantitative estimate of drug-likeness (QED) is 0.400. The molecule has 10 heteroatoms. The van der Waals surface area contributed by atoms with E-state index in [1.54, 1.807) is 13.0 Å². The van der Waals surface area contributed by atoms with Gasteiger partial charge < -0.3 is 25.6 Å². The molecule has 1 unspecified atom stereocenters. The molecule has 2 aromatic carbocycles. The van der Waals surface area contributed by atoms with Crippen LogP contribution in [0.3, 0.4) is 0 Å². The van der Waals surface area contributed by atoms with Crippen molar-refractivity contribution in [3.8, 4) is 11.5 Å². The maximum absolute atomic E-state index is 14.6. The highest BCUT2D eigenvalue weighted by Gasteiger charge is 2.24. The van der Waals surface area contributed by atoms with Gasteiger partial charge in [-0.05, 0) is 43.7 Å². The van der Waals surface area contributed by atoms with Gasteiger partial charge in [0, 0.05) is 25.2 Å². The molecular formula is C24H25F2N3O5. The van der Waals surface area contributed by atoms with Crippen LogP contribution in [0.2, 0.25) is 0 Å². The zero-order valence-corrected chi connectivity index (χ0v) is 18.9. The van der Waals surface area contributed by atoms with E-state index in [2.05, 4.69) is 10.6 Å². The molecule has 0 bridgehead atoms. The van der Waals surface area contributed by atoms with E-state index < -0.39 is 35.8 Å². The second-order valence-electron chi connectivity index (χ2n) is 7.75. The first kappa shape index (κ1) is 24.9. The summed E-state index contributed by atoms with van der Waals surface area (Å²) in [6.07, 6.45) is -1.22. The van der Waals surface area contributed by atoms with Gasteiger partial charge in [-0.1, -0.05) is 12.1 Å². The lowest BCUT2D eigenvalue weighted by Crippen LogP contribution is -2.35. The highest BCUT2D eigenvalue weighted by atomic mass is 19.1. The number of aryl methyl sites for hydroxylation is 1. The second-order valence-corrected chi connectivity index (χ2v) is 7.75. The van der Waals surface area contributed by atoms with Gasteiger partial charge in [0.1, 0.15) is 34.5 Å². The topological polar surface area (TPSA) is 113 Å². The fourth-order valence-corrected chi connectivity index (χ4v) is 3.15. The number of aliphatic hydroxyl groups excluding tert-OH is 2. The molecular weight excluding hydrogens is 448 g/mol. The Balaban J connectivity index is 2.16. The van der Waals surface area contributed by atoms with Gasteiger partial charge in [-0.25, -0.2) is 8.78 Å². The monoisotopic (exact) mass is 473 g/mol. The number of amides is 1. The van der Waals surface area contributed by atoms with Gasteiger partial charge in [0.15, 0.2) is 0 Å². The molecule has 0 saturated carbocycles. The molecule has 1 aromatic heterocycles. The van der Waals surface area contributed by atoms with E-state index >= 15 is 0 Å². The minimum atomic E-state index is -1.22. The molecule has 3 aromatic rings. The van der Waals surface area contributed by atoms with Crippen molar-refractivity contribution in [1.29, 1.82) is 0 Å². The molecule has 4 N–H and O–H groups in total. The van der Waals surface area contributed by atoms with Crippen LogP contribution in [0.5, 0.6) is 11.5 Å². The van der Waals surface area contributed by atoms with Crippen molar-refractivity contribution < 1.29 is 28.5 Å². The van der Waals surface area contributed by atoms with Crippen LogP contribution in [-0.2, 0) is 7.05 Å². The van der Waals surface area contributed by atoms with E-state index in [0.29, 0.717) is 5.56 Å². The van der Waals surface area contributed by atoms with Gasteiger partial charge in [-0.15, -0.1) is 0 Å². The van der Waals surface area contributed by atoms with Crippen LogP contribution >= 0.6 is 0 Å². The van der Waals surface area contributed by atoms with Crippen molar-refractivity contribution in [3.05, 3.63) is 81.1 Å². The Morgan fingerprint density at radius 3 is 2.53 bits per heavy atom. The van der Waals surface area contributed by atoms with Crippen LogP contribution in [-0.4, -0.2) is 39.9 Å². The van der Waals surface area contributed by atoms with Crippen molar-refractivity contribution in [2.45, 2.75) is 20.0 Å². The third kappa shape index (κ3) is 5.41. The molecule has 0 fully saturated rings. The third-order valence-electron chi connectivity index (χ3n) is 5.16. The number of hydrogen-bond donors (Lipinski definition) is 4. The average molecular weight is 473 g/mol. The fraction of sp³-hybridized carbons (Fsp3) is 0.250. The predicted octanol–water partition coefficient (Wildman–Crippen LogP) is 2.90. The Bertz CT molecular complexity index is 1280. The number of pyridine rings is 1. The number of hydrogen-bond acceptors (Lipinski definition) is 6. The van der Waals surface area contributed by atoms with Crippen LogP contribution in [0.25, 0.3) is 0 Å². The van der Waals surface area contributed by atoms with Gasteiger partial charge in [0.2, 0.25) is 0 Å². The molecule has 0 aliphatic heterocycles. The smallest absolute Gasteiger partial charge is 0.258 e. The second kappa shape index (κ2) is 10.4. The number of carbonyl (C=O) groups excluding carboxylic acids is 1. The summed E-state index contributed by atoms with van der Waals surface area (Å²) in [4.78, 5) is 25.8. The van der Waals surface area contributed by atoms with Crippen LogP contribution in [0, 0.1) is 25.5 Å². The van der Waals surface area contributed by atoms with Crippen molar-refractivity contribution >= 4 is 17.4 Å². The van der Waals surface area contributed by atoms with E-state index in [1.165, 1.54) is 44.3 Å². The van der Waals surface area contributed by atoms with Crippen LogP contribution in [0.1, 0.15) is 21.5 Å². The molecule has 3 rings (SSSR count). The fourth-order valence-electron chi connectivity index (χ4n) is 3.15. The summed E-state index contributed by atoms with van der Waals surface area (Å²) in [5.41, 5.74) is 0.0712. The number of halogens is 2. The number of ether oxygens (including phenoxy) is 1. The van der Waals surface area contributed by atoms with Crippen molar-refractivity contribution in [2.24, 2.45) is 7.05 Å². The molecule has 0 aliphatic rings. The Labute approximate surface area is 194 Å². The number of aromatic nitrogens is 1. The molecule has 0 aliphatic carbocycles. The molecule has 0 saturated heterocycles. The number of aliphatic hydroxyl groups is 2. The van der Waals surface area contributed by atoms with E-state index in [1.807, 2.05) is 0 Å². The van der Waals surface area contributed by atoms with E-state index in [0.717, 1.165) is 10.6 Å². The summed E-state index contributed by atoms with van der Waals surface area (Å²) in [5, 5.41) is 23.9. The average Bonchev–Trinajstić information content (AvgIpc) is 2.80. The Hall–Kier alpha value is -3.76. The molecule has 34 heavy (non-hydrogen) atoms. The number of rotatable bonds is 8. The lowest BCUT2D eigenvalue weighted by atomic mass is 10.1. The van der Waals surface area contributed by atoms with Gasteiger partial charge >= 0.3 is 0 Å². The number of nitrogens with zero attached hydrogens (tertiary/aromatic N) is 1. The standard InChI is InChI=1S/C24H25F2N3O5/c1-13-7-8-18(17(26)9-13)28-23-22(24(33)27-11-15(31)12-30)20(10-21(32)29(23)3)34-19-6-4-5-16(25)14(19)2/h4-10,15,28,30-31H,11-12H2,1-3H3,(H,27,33). The van der Waals surface area contributed by atoms with Crippen LogP contribution in [0.15, 0.2) is 47.3 Å². The zero-order valence-electron chi connectivity index (χ0n) is 18.9. The van der Waals surface area contributed by atoms with Crippen molar-refractivity contribution in [2.75, 3.05) is 18.5 Å². The Morgan fingerprint density at radius 1 is 1.12 bits per heavy atom. The summed E-state index contributed by atoms with van der Waals surface area (Å²) < 4.78 is 35.5. The maximum Gasteiger partial charge on any atom is 0.258 e. The SMILES string of the molecule is Cc1ccc(Nc2c(C(=O)NCC(O)CO)c(Oc3cccc(F)c3C)cc(=O)n2C)c(F)c1. The molecule has 1 amide bonds. The van der Waals surface area contributed by atoms with Crippen LogP contribution < -0.4 is 20.9 Å². The number of nitrogens with one attached hydrogen (secondary N) is 2. The number of anilines is 2. The van der Waals surface area contributed by atoms with Gasteiger partial charge in [-0.2, -0.15) is 0 Å². The first-order valence-corrected chi connectivity index (χ1v) is 10.4. The number of benzene rings is 2. The molecule has 0 spiro atoms. The molecule has 8 nitrogen and oxygen atoms in total. The summed E-state index contributed by atoms with van der Waals surface area (Å²) in [5.74, 6) is -2.15. The van der Waals surface area contributed by atoms with Crippen LogP contribution in [0.4, 0.5) is 20.3 Å². The Kier molecular flexibility index (Phi) is 7.64. The summed E-state index contributed by atoms with van der Waals surface area (Å²) in [6, 6.07) is 9.57. The van der Waals surface area contributed by atoms with Gasteiger partial charge in [0.05, 0.1) is 18.4 Å². The summed E-state index contributed by atoms with van der Waals surface area (Å²) in [7, 11) is 1.38. The normalized spacial score (nSPS) is 11.7. The lowest BCUT2D eigenvalue weighted by Gasteiger charge is -2.20. The third-order valence-corrected chi connectivity index (χ3v) is 5.16. The molecule has 0 radical (unpaired) electrons. The maximum atomic E-state index is 14.6. The van der Waals surface area contributed by atoms with E-state index in [-0.39, 0.29) is 40.7 Å². The summed E-state index contributed by atoms with van der Waals surface area (Å²) >= 11 is 0. The highest BCUT2D eigenvalue weighted by Crippen LogP contribution is 2.33. The minimum absolute atomic E-state index is 0.00382. The highest BCUT2D eigenvalue weighted by molar-refractivity contribution is 6.02.